The number of aliphatic carboxylic acids is 1. The first-order valence-electron chi connectivity index (χ1n) is 13.5. The molecular weight excluding hydrogens is 643 g/mol. The maximum Gasteiger partial charge on any atom is 0.341 e. The lowest BCUT2D eigenvalue weighted by Crippen LogP contribution is -2.40. The molecule has 5 rings (SSSR count). The van der Waals surface area contributed by atoms with Gasteiger partial charge in [-0.3, -0.25) is 9.36 Å². The predicted molar refractivity (Wildman–Crippen MR) is 170 cm³/mol. The number of methoxy groups -OCH3 is 2. The van der Waals surface area contributed by atoms with Crippen LogP contribution in [0, 0.1) is 0 Å². The van der Waals surface area contributed by atoms with Gasteiger partial charge in [0.1, 0.15) is 0 Å². The molecule has 0 saturated heterocycles. The molecule has 1 N–H and O–H groups in total. The number of nitrogens with zero attached hydrogens (tertiary/aromatic N) is 2. The molecule has 4 aromatic rings. The molecule has 0 unspecified atom stereocenters. The van der Waals surface area contributed by atoms with E-state index >= 15 is 0 Å². The van der Waals surface area contributed by atoms with Gasteiger partial charge in [0.05, 0.1) is 52.7 Å². The summed E-state index contributed by atoms with van der Waals surface area (Å²) in [6.07, 6.45) is 1.59. The van der Waals surface area contributed by atoms with E-state index in [1.54, 1.807) is 31.2 Å². The Morgan fingerprint density at radius 2 is 1.71 bits per heavy atom. The van der Waals surface area contributed by atoms with E-state index in [2.05, 4.69) is 0 Å². The molecule has 0 fully saturated rings. The van der Waals surface area contributed by atoms with Gasteiger partial charge in [0, 0.05) is 5.56 Å². The van der Waals surface area contributed by atoms with E-state index in [4.69, 9.17) is 52.2 Å². The smallest absolute Gasteiger partial charge is 0.341 e. The van der Waals surface area contributed by atoms with Crippen LogP contribution in [0.15, 0.2) is 76.0 Å². The van der Waals surface area contributed by atoms with Crippen LogP contribution in [0.2, 0.25) is 10.0 Å². The number of halogens is 2. The first-order chi connectivity index (χ1) is 21.7. The van der Waals surface area contributed by atoms with Crippen molar-refractivity contribution in [2.45, 2.75) is 13.0 Å². The molecule has 0 amide bonds. The Kier molecular flexibility index (Phi) is 9.62. The number of hydrogen-bond donors (Lipinski definition) is 1. The number of hydrogen-bond acceptors (Lipinski definition) is 9. The van der Waals surface area contributed by atoms with Crippen LogP contribution in [-0.4, -0.2) is 49.0 Å². The van der Waals surface area contributed by atoms with Gasteiger partial charge in [-0.2, -0.15) is 0 Å². The fraction of sp³-hybridized carbons (Fsp3) is 0.188. The number of aromatic nitrogens is 1. The Hall–Kier alpha value is -4.58. The molecule has 1 aromatic heterocycles. The van der Waals surface area contributed by atoms with Crippen LogP contribution in [0.5, 0.6) is 17.2 Å². The molecule has 0 bridgehead atoms. The summed E-state index contributed by atoms with van der Waals surface area (Å²) in [4.78, 5) is 43.9. The number of fused-ring (bicyclic) bond motifs is 1. The fourth-order valence-electron chi connectivity index (χ4n) is 4.86. The highest BCUT2D eigenvalue weighted by atomic mass is 35.5. The summed E-state index contributed by atoms with van der Waals surface area (Å²) in [5.41, 5.74) is 1.82. The van der Waals surface area contributed by atoms with Crippen molar-refractivity contribution < 1.29 is 33.6 Å². The number of carboxylic acid groups (broad SMARTS) is 1. The number of carboxylic acids is 1. The topological polar surface area (TPSA) is 126 Å². The number of carbonyl (C=O) groups excluding carboxylic acids is 1. The molecule has 0 saturated carbocycles. The van der Waals surface area contributed by atoms with Gasteiger partial charge < -0.3 is 24.1 Å². The van der Waals surface area contributed by atoms with Gasteiger partial charge in [0.2, 0.25) is 0 Å². The van der Waals surface area contributed by atoms with Gasteiger partial charge in [-0.1, -0.05) is 70.9 Å². The second-order valence-corrected chi connectivity index (χ2v) is 11.4. The minimum atomic E-state index is -1.19. The predicted octanol–water partition coefficient (Wildman–Crippen LogP) is 4.72. The second-order valence-electron chi connectivity index (χ2n) is 9.54. The number of ether oxygens (including phenoxy) is 4. The lowest BCUT2D eigenvalue weighted by atomic mass is 9.93. The molecule has 1 aliphatic rings. The molecule has 10 nitrogen and oxygen atoms in total. The molecule has 1 atom stereocenters. The summed E-state index contributed by atoms with van der Waals surface area (Å²) in [7, 11) is 3.01. The maximum atomic E-state index is 14.2. The minimum absolute atomic E-state index is 0.0133. The van der Waals surface area contributed by atoms with Crippen LogP contribution in [0.3, 0.4) is 0 Å². The molecule has 0 aliphatic carbocycles. The SMILES string of the molecule is CCOC(=O)C1=C(c2ccccc2)N=c2s/c(=C\c3cc(Cl)c(OCC(=O)O)c(Cl)c3)c(=O)n2[C@@H]1c1ccc(OC)c(OC)c1. The lowest BCUT2D eigenvalue weighted by molar-refractivity contribution is -0.140. The van der Waals surface area contributed by atoms with Crippen molar-refractivity contribution in [2.75, 3.05) is 27.4 Å². The van der Waals surface area contributed by atoms with Crippen molar-refractivity contribution in [3.63, 3.8) is 0 Å². The summed E-state index contributed by atoms with van der Waals surface area (Å²) >= 11 is 13.8. The van der Waals surface area contributed by atoms with Gasteiger partial charge in [0.25, 0.3) is 5.56 Å². The van der Waals surface area contributed by atoms with E-state index in [1.165, 1.54) is 30.9 Å². The standard InChI is InChI=1S/C32H26Cl2N2O8S/c1-4-43-31(40)26-27(18-8-6-5-7-9-18)35-32-36(28(26)19-10-11-22(41-2)23(15-19)42-3)30(39)24(45-32)14-17-12-20(33)29(21(34)13-17)44-16-25(37)38/h5-15,28H,4,16H2,1-3H3,(H,37,38)/b24-14-/t28-/m1/s1. The molecule has 0 radical (unpaired) electrons. The summed E-state index contributed by atoms with van der Waals surface area (Å²) in [5, 5.41) is 9.09. The van der Waals surface area contributed by atoms with E-state index in [-0.39, 0.29) is 32.5 Å². The zero-order valence-electron chi connectivity index (χ0n) is 24.2. The average molecular weight is 670 g/mol. The molecule has 3 aromatic carbocycles. The normalized spacial score (nSPS) is 14.4. The molecule has 13 heteroatoms. The van der Waals surface area contributed by atoms with Gasteiger partial charge in [-0.05, 0) is 48.4 Å². The lowest BCUT2D eigenvalue weighted by Gasteiger charge is -2.26. The third kappa shape index (κ3) is 6.46. The van der Waals surface area contributed by atoms with Crippen molar-refractivity contribution in [2.24, 2.45) is 4.99 Å². The van der Waals surface area contributed by atoms with Crippen molar-refractivity contribution >= 4 is 58.3 Å². The van der Waals surface area contributed by atoms with E-state index < -0.39 is 30.1 Å². The highest BCUT2D eigenvalue weighted by Gasteiger charge is 2.35. The number of benzene rings is 3. The highest BCUT2D eigenvalue weighted by molar-refractivity contribution is 7.07. The van der Waals surface area contributed by atoms with Crippen LogP contribution in [0.25, 0.3) is 11.8 Å². The summed E-state index contributed by atoms with van der Waals surface area (Å²) in [6.45, 7) is 1.19. The number of rotatable bonds is 10. The van der Waals surface area contributed by atoms with E-state index in [9.17, 15) is 14.4 Å². The number of carbonyl (C=O) groups is 2. The molecule has 2 heterocycles. The van der Waals surface area contributed by atoms with Crippen LogP contribution < -0.4 is 29.1 Å². The first-order valence-corrected chi connectivity index (χ1v) is 15.1. The minimum Gasteiger partial charge on any atom is -0.493 e. The Balaban J connectivity index is 1.77. The molecule has 0 spiro atoms. The monoisotopic (exact) mass is 668 g/mol. The van der Waals surface area contributed by atoms with Crippen molar-refractivity contribution in [3.8, 4) is 17.2 Å². The number of thiazole rings is 1. The Bertz CT molecular complexity index is 1980. The summed E-state index contributed by atoms with van der Waals surface area (Å²) < 4.78 is 23.4. The van der Waals surface area contributed by atoms with Crippen molar-refractivity contribution in [1.29, 1.82) is 0 Å². The molecule has 45 heavy (non-hydrogen) atoms. The van der Waals surface area contributed by atoms with Gasteiger partial charge in [0.15, 0.2) is 28.7 Å². The Labute approximate surface area is 271 Å². The zero-order valence-corrected chi connectivity index (χ0v) is 26.5. The van der Waals surface area contributed by atoms with Crippen LogP contribution in [-0.2, 0) is 14.3 Å². The summed E-state index contributed by atoms with van der Waals surface area (Å²) in [6, 6.07) is 16.4. The van der Waals surface area contributed by atoms with E-state index in [1.807, 2.05) is 30.3 Å². The fourth-order valence-corrected chi connectivity index (χ4v) is 6.48. The Morgan fingerprint density at radius 1 is 1.02 bits per heavy atom. The highest BCUT2D eigenvalue weighted by Crippen LogP contribution is 2.39. The summed E-state index contributed by atoms with van der Waals surface area (Å²) in [5.74, 6) is -0.909. The molecular formula is C32H26Cl2N2O8S. The van der Waals surface area contributed by atoms with Gasteiger partial charge in [-0.15, -0.1) is 0 Å². The third-order valence-electron chi connectivity index (χ3n) is 6.76. The number of esters is 1. The van der Waals surface area contributed by atoms with Crippen molar-refractivity contribution in [3.05, 3.63) is 113 Å². The maximum absolute atomic E-state index is 14.2. The Morgan fingerprint density at radius 3 is 2.33 bits per heavy atom. The second kappa shape index (κ2) is 13.6. The molecule has 1 aliphatic heterocycles. The first kappa shape index (κ1) is 31.8. The third-order valence-corrected chi connectivity index (χ3v) is 8.30. The quantitative estimate of drug-likeness (QED) is 0.241. The zero-order chi connectivity index (χ0) is 32.2. The van der Waals surface area contributed by atoms with Crippen LogP contribution in [0.1, 0.15) is 29.7 Å². The van der Waals surface area contributed by atoms with E-state index in [0.717, 1.165) is 11.3 Å². The largest absolute Gasteiger partial charge is 0.493 e. The van der Waals surface area contributed by atoms with Gasteiger partial charge >= 0.3 is 11.9 Å². The molecule has 232 valence electrons. The van der Waals surface area contributed by atoms with Gasteiger partial charge in [-0.25, -0.2) is 14.6 Å². The van der Waals surface area contributed by atoms with Crippen LogP contribution >= 0.6 is 34.5 Å². The van der Waals surface area contributed by atoms with Crippen LogP contribution in [0.4, 0.5) is 0 Å². The van der Waals surface area contributed by atoms with E-state index in [0.29, 0.717) is 38.7 Å². The van der Waals surface area contributed by atoms with Crippen molar-refractivity contribution in [1.82, 2.24) is 4.57 Å². The average Bonchev–Trinajstić information content (AvgIpc) is 3.33.